The van der Waals surface area contributed by atoms with E-state index in [1.165, 1.54) is 18.4 Å². The molecule has 1 aliphatic carbocycles. The van der Waals surface area contributed by atoms with Crippen LogP contribution in [-0.4, -0.2) is 27.6 Å². The van der Waals surface area contributed by atoms with Crippen molar-refractivity contribution in [2.24, 2.45) is 5.92 Å². The van der Waals surface area contributed by atoms with Crippen LogP contribution in [0.3, 0.4) is 0 Å². The first kappa shape index (κ1) is 16.3. The van der Waals surface area contributed by atoms with Crippen LogP contribution < -0.4 is 5.32 Å². The van der Waals surface area contributed by atoms with Gasteiger partial charge in [0.1, 0.15) is 0 Å². The molecular weight excluding hydrogens is 316 g/mol. The molecule has 0 unspecified atom stereocenters. The van der Waals surface area contributed by atoms with E-state index in [0.717, 1.165) is 49.2 Å². The number of nitrogens with zero attached hydrogens (tertiary/aromatic N) is 3. The summed E-state index contributed by atoms with van der Waals surface area (Å²) >= 11 is 0. The van der Waals surface area contributed by atoms with Crippen LogP contribution in [-0.2, 0) is 6.54 Å². The maximum atomic E-state index is 11.1. The van der Waals surface area contributed by atoms with Gasteiger partial charge in [-0.2, -0.15) is 0 Å². The summed E-state index contributed by atoms with van der Waals surface area (Å²) in [4.78, 5) is 15.5. The van der Waals surface area contributed by atoms with Gasteiger partial charge in [0.2, 0.25) is 5.70 Å². The van der Waals surface area contributed by atoms with E-state index in [1.54, 1.807) is 13.0 Å². The van der Waals surface area contributed by atoms with E-state index in [2.05, 4.69) is 16.0 Å². The van der Waals surface area contributed by atoms with Gasteiger partial charge < -0.3 is 9.88 Å². The molecule has 2 aromatic rings. The highest BCUT2D eigenvalue weighted by atomic mass is 16.6. The number of aromatic nitrogens is 2. The Kier molecular flexibility index (Phi) is 4.29. The average molecular weight is 340 g/mol. The quantitative estimate of drug-likeness (QED) is 0.667. The van der Waals surface area contributed by atoms with E-state index in [-0.39, 0.29) is 10.6 Å². The number of allylic oxidation sites excluding steroid dienone is 1. The first-order valence-corrected chi connectivity index (χ1v) is 9.15. The molecule has 0 atom stereocenters. The van der Waals surface area contributed by atoms with Crippen molar-refractivity contribution in [3.63, 3.8) is 0 Å². The molecule has 4 rings (SSSR count). The van der Waals surface area contributed by atoms with Crippen molar-refractivity contribution in [1.82, 2.24) is 14.9 Å². The van der Waals surface area contributed by atoms with Gasteiger partial charge in [0.25, 0.3) is 0 Å². The third-order valence-corrected chi connectivity index (χ3v) is 5.38. The van der Waals surface area contributed by atoms with Crippen molar-refractivity contribution in [2.75, 3.05) is 13.1 Å². The van der Waals surface area contributed by atoms with Crippen molar-refractivity contribution in [1.29, 1.82) is 0 Å². The largest absolute Gasteiger partial charge is 0.339 e. The zero-order valence-electron chi connectivity index (χ0n) is 14.6. The molecule has 6 nitrogen and oxygen atoms in total. The first-order valence-electron chi connectivity index (χ1n) is 9.15. The number of nitrogens with one attached hydrogen (secondary N) is 1. The Morgan fingerprint density at radius 3 is 2.84 bits per heavy atom. The molecule has 1 N–H and O–H groups in total. The SMILES string of the molecule is C/C(=C\c1cc2ccnc(C3CCNCC3)c2n1CC1CC1)[N+](=O)[O-]. The Morgan fingerprint density at radius 2 is 2.16 bits per heavy atom. The molecule has 0 amide bonds. The fourth-order valence-corrected chi connectivity index (χ4v) is 3.80. The Hall–Kier alpha value is -2.21. The van der Waals surface area contributed by atoms with Gasteiger partial charge in [0.15, 0.2) is 0 Å². The highest BCUT2D eigenvalue weighted by molar-refractivity contribution is 5.86. The Labute approximate surface area is 147 Å². The summed E-state index contributed by atoms with van der Waals surface area (Å²) in [7, 11) is 0. The molecule has 0 aromatic carbocycles. The van der Waals surface area contributed by atoms with E-state index in [1.807, 2.05) is 12.3 Å². The Morgan fingerprint density at radius 1 is 1.40 bits per heavy atom. The zero-order chi connectivity index (χ0) is 17.4. The van der Waals surface area contributed by atoms with Gasteiger partial charge in [-0.15, -0.1) is 0 Å². The number of rotatable bonds is 5. The number of nitro groups is 1. The molecule has 2 aliphatic rings. The summed E-state index contributed by atoms with van der Waals surface area (Å²) < 4.78 is 2.28. The summed E-state index contributed by atoms with van der Waals surface area (Å²) in [6.45, 7) is 4.55. The molecule has 0 radical (unpaired) electrons. The average Bonchev–Trinajstić information content (AvgIpc) is 3.37. The van der Waals surface area contributed by atoms with Gasteiger partial charge in [-0.3, -0.25) is 15.1 Å². The summed E-state index contributed by atoms with van der Waals surface area (Å²) in [6.07, 6.45) is 8.28. The van der Waals surface area contributed by atoms with E-state index in [4.69, 9.17) is 4.98 Å². The fourth-order valence-electron chi connectivity index (χ4n) is 3.80. The molecule has 1 aliphatic heterocycles. The maximum Gasteiger partial charge on any atom is 0.245 e. The Balaban J connectivity index is 1.85. The number of hydrogen-bond acceptors (Lipinski definition) is 4. The van der Waals surface area contributed by atoms with Crippen LogP contribution in [0.1, 0.15) is 49.9 Å². The van der Waals surface area contributed by atoms with Gasteiger partial charge in [-0.25, -0.2) is 0 Å². The lowest BCUT2D eigenvalue weighted by molar-refractivity contribution is -0.422. The van der Waals surface area contributed by atoms with Gasteiger partial charge in [-0.05, 0) is 56.8 Å². The van der Waals surface area contributed by atoms with E-state index < -0.39 is 0 Å². The molecule has 2 fully saturated rings. The van der Waals surface area contributed by atoms with Crippen molar-refractivity contribution in [2.45, 2.75) is 45.1 Å². The van der Waals surface area contributed by atoms with Gasteiger partial charge in [-0.1, -0.05) is 0 Å². The minimum Gasteiger partial charge on any atom is -0.339 e. The topological polar surface area (TPSA) is 73.0 Å². The normalized spacial score (nSPS) is 19.5. The summed E-state index contributed by atoms with van der Waals surface area (Å²) in [5, 5.41) is 15.6. The highest BCUT2D eigenvalue weighted by Crippen LogP contribution is 2.36. The molecule has 0 spiro atoms. The lowest BCUT2D eigenvalue weighted by atomic mass is 9.93. The maximum absolute atomic E-state index is 11.1. The van der Waals surface area contributed by atoms with Crippen LogP contribution in [0.25, 0.3) is 17.0 Å². The summed E-state index contributed by atoms with van der Waals surface area (Å²) in [5.41, 5.74) is 3.46. The molecule has 25 heavy (non-hydrogen) atoms. The number of pyridine rings is 1. The molecule has 1 saturated heterocycles. The third kappa shape index (κ3) is 3.31. The van der Waals surface area contributed by atoms with Crippen molar-refractivity contribution >= 4 is 17.0 Å². The number of fused-ring (bicyclic) bond motifs is 1. The molecule has 6 heteroatoms. The number of hydrogen-bond donors (Lipinski definition) is 1. The van der Waals surface area contributed by atoms with Crippen molar-refractivity contribution in [3.05, 3.63) is 45.5 Å². The second kappa shape index (κ2) is 6.59. The molecule has 0 bridgehead atoms. The van der Waals surface area contributed by atoms with Crippen LogP contribution in [0.4, 0.5) is 0 Å². The highest BCUT2D eigenvalue weighted by Gasteiger charge is 2.27. The predicted molar refractivity (Wildman–Crippen MR) is 97.9 cm³/mol. The summed E-state index contributed by atoms with van der Waals surface area (Å²) in [6, 6.07) is 4.11. The minimum atomic E-state index is -0.314. The second-order valence-corrected chi connectivity index (χ2v) is 7.32. The fraction of sp³-hybridized carbons (Fsp3) is 0.526. The minimum absolute atomic E-state index is 0.177. The van der Waals surface area contributed by atoms with Gasteiger partial charge in [0.05, 0.1) is 16.1 Å². The van der Waals surface area contributed by atoms with Crippen LogP contribution in [0, 0.1) is 16.0 Å². The van der Waals surface area contributed by atoms with Crippen LogP contribution in [0.2, 0.25) is 0 Å². The third-order valence-electron chi connectivity index (χ3n) is 5.38. The van der Waals surface area contributed by atoms with Gasteiger partial charge >= 0.3 is 0 Å². The molecule has 1 saturated carbocycles. The van der Waals surface area contributed by atoms with Crippen LogP contribution >= 0.6 is 0 Å². The molecular formula is C19H24N4O2. The molecule has 3 heterocycles. The first-order chi connectivity index (χ1) is 12.1. The Bertz CT molecular complexity index is 829. The van der Waals surface area contributed by atoms with Crippen molar-refractivity contribution in [3.8, 4) is 0 Å². The van der Waals surface area contributed by atoms with E-state index in [0.29, 0.717) is 11.8 Å². The van der Waals surface area contributed by atoms with E-state index in [9.17, 15) is 10.1 Å². The van der Waals surface area contributed by atoms with E-state index >= 15 is 0 Å². The van der Waals surface area contributed by atoms with Crippen molar-refractivity contribution < 1.29 is 4.92 Å². The lowest BCUT2D eigenvalue weighted by Crippen LogP contribution is -2.27. The number of piperidine rings is 1. The van der Waals surface area contributed by atoms with Crippen LogP contribution in [0.5, 0.6) is 0 Å². The molecule has 2 aromatic heterocycles. The standard InChI is InChI=1S/C19H24N4O2/c1-13(23(24)25)10-17-11-16-6-9-21-18(15-4-7-20-8-5-15)19(16)22(17)12-14-2-3-14/h6,9-11,14-15,20H,2-5,7-8,12H2,1H3/b13-10+. The van der Waals surface area contributed by atoms with Crippen LogP contribution in [0.15, 0.2) is 24.0 Å². The second-order valence-electron chi connectivity index (χ2n) is 7.32. The smallest absolute Gasteiger partial charge is 0.245 e. The monoisotopic (exact) mass is 340 g/mol. The zero-order valence-corrected chi connectivity index (χ0v) is 14.6. The lowest BCUT2D eigenvalue weighted by Gasteiger charge is -2.23. The predicted octanol–water partition coefficient (Wildman–Crippen LogP) is 3.55. The van der Waals surface area contributed by atoms with Gasteiger partial charge in [0, 0.05) is 42.7 Å². The summed E-state index contributed by atoms with van der Waals surface area (Å²) in [5.74, 6) is 1.16. The molecule has 132 valence electrons.